The molecule has 0 aliphatic carbocycles. The number of hydrogen-bond donors (Lipinski definition) is 0. The average molecular weight is 208 g/mol. The van der Waals surface area contributed by atoms with E-state index in [9.17, 15) is 4.21 Å². The Balaban J connectivity index is 3.00. The summed E-state index contributed by atoms with van der Waals surface area (Å²) in [5, 5.41) is 8.78. The van der Waals surface area contributed by atoms with Crippen LogP contribution >= 0.6 is 0 Å². The Bertz CT molecular complexity index is 471. The van der Waals surface area contributed by atoms with Gasteiger partial charge in [-0.1, -0.05) is 18.2 Å². The first-order valence-electron chi connectivity index (χ1n) is 4.14. The molecule has 0 N–H and O–H groups in total. The summed E-state index contributed by atoms with van der Waals surface area (Å²) < 4.78 is 15.3. The summed E-state index contributed by atoms with van der Waals surface area (Å²) >= 11 is 0. The summed E-state index contributed by atoms with van der Waals surface area (Å²) in [5.41, 5.74) is 1.42. The van der Waals surface area contributed by atoms with Crippen molar-refractivity contribution in [3.63, 3.8) is 0 Å². The highest BCUT2D eigenvalue weighted by Crippen LogP contribution is 2.09. The van der Waals surface area contributed by atoms with Crippen LogP contribution in [0.3, 0.4) is 0 Å². The molecule has 0 amide bonds. The Morgan fingerprint density at radius 3 is 2.64 bits per heavy atom. The normalized spacial score (nSPS) is 10.6. The lowest BCUT2D eigenvalue weighted by Crippen LogP contribution is -1.94. The smallest absolute Gasteiger partial charge is 0.0995 e. The largest absolute Gasteiger partial charge is 0.250 e. The Labute approximate surface area is 84.6 Å². The summed E-state index contributed by atoms with van der Waals surface area (Å²) in [6, 6.07) is 9.29. The molecule has 1 rings (SSSR count). The molecule has 0 heterocycles. The van der Waals surface area contributed by atoms with Gasteiger partial charge in [0.1, 0.15) is 0 Å². The van der Waals surface area contributed by atoms with E-state index in [4.69, 9.17) is 5.26 Å². The van der Waals surface area contributed by atoms with Crippen LogP contribution in [-0.4, -0.2) is 16.7 Å². The van der Waals surface area contributed by atoms with Gasteiger partial charge in [0.25, 0.3) is 0 Å². The van der Waals surface area contributed by atoms with E-state index in [0.717, 1.165) is 5.56 Å². The van der Waals surface area contributed by atoms with Gasteiger partial charge in [0.15, 0.2) is 0 Å². The molecule has 0 aromatic heterocycles. The quantitative estimate of drug-likeness (QED) is 0.744. The standard InChI is InChI=1S/C10H12N2OS/c1-14(2,13)12-8-10-6-4-3-5-9(10)7-11/h3-6H,8H2,1-2H3. The predicted molar refractivity (Wildman–Crippen MR) is 57.3 cm³/mol. The average Bonchev–Trinajstić information content (AvgIpc) is 2.14. The molecule has 0 fully saturated rings. The molecule has 14 heavy (non-hydrogen) atoms. The van der Waals surface area contributed by atoms with Gasteiger partial charge in [-0.05, 0) is 11.6 Å². The first kappa shape index (κ1) is 10.7. The molecular formula is C10H12N2OS. The third kappa shape index (κ3) is 3.19. The van der Waals surface area contributed by atoms with Crippen LogP contribution in [0.2, 0.25) is 0 Å². The monoisotopic (exact) mass is 208 g/mol. The lowest BCUT2D eigenvalue weighted by molar-refractivity contribution is 0.682. The lowest BCUT2D eigenvalue weighted by Gasteiger charge is -2.00. The van der Waals surface area contributed by atoms with Crippen LogP contribution in [0.5, 0.6) is 0 Å². The maximum Gasteiger partial charge on any atom is 0.0995 e. The number of benzene rings is 1. The summed E-state index contributed by atoms with van der Waals surface area (Å²) in [6.45, 7) is 0.343. The van der Waals surface area contributed by atoms with Gasteiger partial charge < -0.3 is 0 Å². The molecule has 0 radical (unpaired) electrons. The molecule has 3 nitrogen and oxygen atoms in total. The lowest BCUT2D eigenvalue weighted by atomic mass is 10.1. The summed E-state index contributed by atoms with van der Waals surface area (Å²) in [7, 11) is -2.08. The highest BCUT2D eigenvalue weighted by molar-refractivity contribution is 7.92. The second-order valence-electron chi connectivity index (χ2n) is 3.24. The predicted octanol–water partition coefficient (Wildman–Crippen LogP) is 1.79. The van der Waals surface area contributed by atoms with Crippen molar-refractivity contribution in [1.29, 1.82) is 5.26 Å². The van der Waals surface area contributed by atoms with Crippen molar-refractivity contribution < 1.29 is 4.21 Å². The molecule has 74 valence electrons. The van der Waals surface area contributed by atoms with E-state index in [1.54, 1.807) is 24.6 Å². The van der Waals surface area contributed by atoms with Gasteiger partial charge in [0.2, 0.25) is 0 Å². The molecule has 0 bridgehead atoms. The molecule has 4 heteroatoms. The number of rotatable bonds is 2. The Morgan fingerprint density at radius 1 is 1.43 bits per heavy atom. The second-order valence-corrected chi connectivity index (χ2v) is 5.86. The van der Waals surface area contributed by atoms with Crippen LogP contribution < -0.4 is 0 Å². The Kier molecular flexibility index (Phi) is 3.26. The molecule has 0 unspecified atom stereocenters. The first-order valence-corrected chi connectivity index (χ1v) is 6.47. The Morgan fingerprint density at radius 2 is 2.07 bits per heavy atom. The summed E-state index contributed by atoms with van der Waals surface area (Å²) in [5.74, 6) is 0. The van der Waals surface area contributed by atoms with Crippen molar-refractivity contribution in [1.82, 2.24) is 0 Å². The SMILES string of the molecule is CS(C)(=O)=NCc1ccccc1C#N. The van der Waals surface area contributed by atoms with Crippen LogP contribution in [0.15, 0.2) is 28.6 Å². The minimum atomic E-state index is -2.08. The summed E-state index contributed by atoms with van der Waals surface area (Å²) in [6.07, 6.45) is 3.17. The van der Waals surface area contributed by atoms with E-state index in [1.165, 1.54) is 0 Å². The third-order valence-corrected chi connectivity index (χ3v) is 2.43. The zero-order chi connectivity index (χ0) is 10.6. The van der Waals surface area contributed by atoms with Gasteiger partial charge in [-0.3, -0.25) is 4.21 Å². The van der Waals surface area contributed by atoms with Gasteiger partial charge in [0.05, 0.1) is 18.2 Å². The van der Waals surface area contributed by atoms with Crippen molar-refractivity contribution in [3.05, 3.63) is 35.4 Å². The maximum atomic E-state index is 11.3. The van der Waals surface area contributed by atoms with Crippen molar-refractivity contribution in [2.75, 3.05) is 12.5 Å². The number of nitriles is 1. The van der Waals surface area contributed by atoms with E-state index in [0.29, 0.717) is 12.1 Å². The fourth-order valence-electron chi connectivity index (χ4n) is 0.992. The third-order valence-electron chi connectivity index (χ3n) is 1.68. The molecule has 0 saturated carbocycles. The summed E-state index contributed by atoms with van der Waals surface area (Å²) in [4.78, 5) is 0. The van der Waals surface area contributed by atoms with Crippen LogP contribution in [0.4, 0.5) is 0 Å². The van der Waals surface area contributed by atoms with E-state index < -0.39 is 9.73 Å². The van der Waals surface area contributed by atoms with Crippen molar-refractivity contribution in [2.45, 2.75) is 6.54 Å². The van der Waals surface area contributed by atoms with Crippen LogP contribution in [-0.2, 0) is 16.3 Å². The van der Waals surface area contributed by atoms with Crippen molar-refractivity contribution in [3.8, 4) is 6.07 Å². The molecule has 0 saturated heterocycles. The second kappa shape index (κ2) is 4.25. The van der Waals surface area contributed by atoms with Gasteiger partial charge in [-0.15, -0.1) is 0 Å². The van der Waals surface area contributed by atoms with Gasteiger partial charge >= 0.3 is 0 Å². The zero-order valence-corrected chi connectivity index (χ0v) is 9.04. The van der Waals surface area contributed by atoms with Gasteiger partial charge in [0, 0.05) is 22.2 Å². The van der Waals surface area contributed by atoms with Gasteiger partial charge in [-0.25, -0.2) is 4.36 Å². The maximum absolute atomic E-state index is 11.3. The Hall–Kier alpha value is -1.34. The number of nitrogens with zero attached hydrogens (tertiary/aromatic N) is 2. The topological polar surface area (TPSA) is 53.2 Å². The molecule has 1 aromatic carbocycles. The molecule has 0 atom stereocenters. The van der Waals surface area contributed by atoms with Crippen molar-refractivity contribution in [2.24, 2.45) is 4.36 Å². The number of hydrogen-bond acceptors (Lipinski definition) is 3. The molecule has 0 aliphatic rings. The fraction of sp³-hybridized carbons (Fsp3) is 0.300. The van der Waals surface area contributed by atoms with E-state index in [-0.39, 0.29) is 0 Å². The molecule has 1 aromatic rings. The van der Waals surface area contributed by atoms with Crippen LogP contribution in [0, 0.1) is 11.3 Å². The highest BCUT2D eigenvalue weighted by atomic mass is 32.2. The zero-order valence-electron chi connectivity index (χ0n) is 8.23. The van der Waals surface area contributed by atoms with E-state index in [1.807, 2.05) is 12.1 Å². The van der Waals surface area contributed by atoms with E-state index >= 15 is 0 Å². The minimum absolute atomic E-state index is 0.343. The first-order chi connectivity index (χ1) is 6.53. The molecule has 0 aliphatic heterocycles. The highest BCUT2D eigenvalue weighted by Gasteiger charge is 1.99. The van der Waals surface area contributed by atoms with Gasteiger partial charge in [-0.2, -0.15) is 5.26 Å². The molecular weight excluding hydrogens is 196 g/mol. The fourth-order valence-corrected chi connectivity index (χ4v) is 1.44. The van der Waals surface area contributed by atoms with Crippen LogP contribution in [0.1, 0.15) is 11.1 Å². The molecule has 0 spiro atoms. The van der Waals surface area contributed by atoms with Crippen molar-refractivity contribution >= 4 is 9.73 Å². The van der Waals surface area contributed by atoms with E-state index in [2.05, 4.69) is 10.4 Å². The van der Waals surface area contributed by atoms with Crippen LogP contribution in [0.25, 0.3) is 0 Å². The minimum Gasteiger partial charge on any atom is -0.250 e.